The van der Waals surface area contributed by atoms with Crippen LogP contribution in [0.15, 0.2) is 11.6 Å². The number of hydrogen-bond donors (Lipinski definition) is 1. The molecular weight excluding hydrogens is 126 g/mol. The van der Waals surface area contributed by atoms with E-state index in [1.54, 1.807) is 0 Å². The van der Waals surface area contributed by atoms with Crippen molar-refractivity contribution in [1.82, 2.24) is 5.32 Å². The maximum atomic E-state index is 5.65. The van der Waals surface area contributed by atoms with E-state index in [1.807, 2.05) is 0 Å². The number of hydrogen-bond acceptors (Lipinski definition) is 2. The summed E-state index contributed by atoms with van der Waals surface area (Å²) >= 11 is 0. The Kier molecular flexibility index (Phi) is 1.51. The normalized spacial score (nSPS) is 39.1. The molecule has 10 heavy (non-hydrogen) atoms. The van der Waals surface area contributed by atoms with Gasteiger partial charge in [-0.3, -0.25) is 0 Å². The van der Waals surface area contributed by atoms with Crippen molar-refractivity contribution in [3.8, 4) is 0 Å². The van der Waals surface area contributed by atoms with Crippen molar-refractivity contribution in [1.29, 1.82) is 0 Å². The molecule has 2 rings (SSSR count). The molecule has 2 heterocycles. The number of rotatable bonds is 0. The monoisotopic (exact) mass is 139 g/mol. The van der Waals surface area contributed by atoms with Crippen molar-refractivity contribution in [2.75, 3.05) is 13.1 Å². The van der Waals surface area contributed by atoms with Crippen molar-refractivity contribution >= 4 is 0 Å². The largest absolute Gasteiger partial charge is 0.368 e. The summed E-state index contributed by atoms with van der Waals surface area (Å²) in [4.78, 5) is 0. The molecule has 0 aliphatic carbocycles. The Balaban J connectivity index is 2.14. The minimum absolute atomic E-state index is 0.354. The van der Waals surface area contributed by atoms with Gasteiger partial charge in [0.1, 0.15) is 0 Å². The molecule has 2 bridgehead atoms. The summed E-state index contributed by atoms with van der Waals surface area (Å²) in [5.74, 6) is 0. The average molecular weight is 139 g/mol. The molecule has 0 aromatic heterocycles. The molecule has 1 saturated heterocycles. The first kappa shape index (κ1) is 6.38. The molecule has 0 spiro atoms. The zero-order chi connectivity index (χ0) is 6.97. The molecule has 0 radical (unpaired) electrons. The van der Waals surface area contributed by atoms with Crippen molar-refractivity contribution < 1.29 is 4.74 Å². The Bertz CT molecular complexity index is 165. The summed E-state index contributed by atoms with van der Waals surface area (Å²) in [5, 5.41) is 3.34. The lowest BCUT2D eigenvalue weighted by atomic mass is 10.0. The molecule has 2 aliphatic heterocycles. The molecule has 0 saturated carbocycles. The van der Waals surface area contributed by atoms with Crippen LogP contribution in [-0.2, 0) is 4.74 Å². The molecule has 0 aromatic rings. The standard InChI is InChI=1S/C8H13NO/c1-6-2-7-4-9-5-8(3-6)10-7/h2,7-9H,3-5H2,1H3. The molecule has 2 heteroatoms. The van der Waals surface area contributed by atoms with E-state index in [0.717, 1.165) is 19.5 Å². The highest BCUT2D eigenvalue weighted by molar-refractivity contribution is 5.09. The smallest absolute Gasteiger partial charge is 0.0887 e. The minimum atomic E-state index is 0.354. The van der Waals surface area contributed by atoms with E-state index in [4.69, 9.17) is 4.74 Å². The highest BCUT2D eigenvalue weighted by Crippen LogP contribution is 2.20. The Morgan fingerprint density at radius 3 is 3.30 bits per heavy atom. The fourth-order valence-electron chi connectivity index (χ4n) is 1.69. The van der Waals surface area contributed by atoms with E-state index in [1.165, 1.54) is 5.57 Å². The summed E-state index contributed by atoms with van der Waals surface area (Å²) < 4.78 is 5.65. The quantitative estimate of drug-likeness (QED) is 0.499. The summed E-state index contributed by atoms with van der Waals surface area (Å²) in [6, 6.07) is 0. The van der Waals surface area contributed by atoms with E-state index in [0.29, 0.717) is 12.2 Å². The zero-order valence-electron chi connectivity index (χ0n) is 6.26. The van der Waals surface area contributed by atoms with Crippen LogP contribution in [0.2, 0.25) is 0 Å². The maximum Gasteiger partial charge on any atom is 0.0887 e. The van der Waals surface area contributed by atoms with Gasteiger partial charge in [-0.15, -0.1) is 0 Å². The van der Waals surface area contributed by atoms with Crippen molar-refractivity contribution in [3.63, 3.8) is 0 Å². The van der Waals surface area contributed by atoms with Crippen LogP contribution in [0.1, 0.15) is 13.3 Å². The first-order valence-corrected chi connectivity index (χ1v) is 3.88. The fourth-order valence-corrected chi connectivity index (χ4v) is 1.69. The second-order valence-electron chi connectivity index (χ2n) is 3.17. The Labute approximate surface area is 61.3 Å². The summed E-state index contributed by atoms with van der Waals surface area (Å²) in [7, 11) is 0. The molecule has 2 unspecified atom stereocenters. The molecular formula is C8H13NO. The van der Waals surface area contributed by atoms with Crippen LogP contribution in [0.5, 0.6) is 0 Å². The van der Waals surface area contributed by atoms with Gasteiger partial charge in [0.2, 0.25) is 0 Å². The van der Waals surface area contributed by atoms with Crippen LogP contribution in [0.25, 0.3) is 0 Å². The molecule has 0 amide bonds. The lowest BCUT2D eigenvalue weighted by molar-refractivity contribution is -0.0212. The minimum Gasteiger partial charge on any atom is -0.368 e. The van der Waals surface area contributed by atoms with Crippen LogP contribution in [-0.4, -0.2) is 25.3 Å². The number of ether oxygens (including phenoxy) is 1. The van der Waals surface area contributed by atoms with Gasteiger partial charge in [0.25, 0.3) is 0 Å². The van der Waals surface area contributed by atoms with Gasteiger partial charge in [0, 0.05) is 13.1 Å². The summed E-state index contributed by atoms with van der Waals surface area (Å²) in [6.07, 6.45) is 4.14. The fraction of sp³-hybridized carbons (Fsp3) is 0.750. The maximum absolute atomic E-state index is 5.65. The molecule has 56 valence electrons. The van der Waals surface area contributed by atoms with E-state index in [-0.39, 0.29) is 0 Å². The molecule has 0 aromatic carbocycles. The summed E-state index contributed by atoms with van der Waals surface area (Å²) in [6.45, 7) is 4.21. The number of nitrogens with one attached hydrogen (secondary N) is 1. The first-order chi connectivity index (χ1) is 4.84. The van der Waals surface area contributed by atoms with Crippen LogP contribution < -0.4 is 5.32 Å². The highest BCUT2D eigenvalue weighted by atomic mass is 16.5. The summed E-state index contributed by atoms with van der Waals surface area (Å²) in [5.41, 5.74) is 1.49. The van der Waals surface area contributed by atoms with Crippen LogP contribution in [0.3, 0.4) is 0 Å². The SMILES string of the molecule is CC1=CC2CNCC(C1)O2. The number of fused-ring (bicyclic) bond motifs is 2. The van der Waals surface area contributed by atoms with Gasteiger partial charge in [-0.05, 0) is 13.3 Å². The average Bonchev–Trinajstić information content (AvgIpc) is 1.85. The second-order valence-corrected chi connectivity index (χ2v) is 3.17. The van der Waals surface area contributed by atoms with Gasteiger partial charge in [-0.2, -0.15) is 0 Å². The van der Waals surface area contributed by atoms with Gasteiger partial charge in [0.05, 0.1) is 12.2 Å². The number of morpholine rings is 1. The van der Waals surface area contributed by atoms with Gasteiger partial charge >= 0.3 is 0 Å². The topological polar surface area (TPSA) is 21.3 Å². The third-order valence-electron chi connectivity index (χ3n) is 2.10. The van der Waals surface area contributed by atoms with E-state index >= 15 is 0 Å². The zero-order valence-corrected chi connectivity index (χ0v) is 6.26. The van der Waals surface area contributed by atoms with Gasteiger partial charge in [-0.25, -0.2) is 0 Å². The van der Waals surface area contributed by atoms with E-state index < -0.39 is 0 Å². The van der Waals surface area contributed by atoms with Crippen molar-refractivity contribution in [2.45, 2.75) is 25.6 Å². The van der Waals surface area contributed by atoms with Gasteiger partial charge < -0.3 is 10.1 Å². The van der Waals surface area contributed by atoms with Crippen molar-refractivity contribution in [3.05, 3.63) is 11.6 Å². The van der Waals surface area contributed by atoms with Crippen LogP contribution in [0, 0.1) is 0 Å². The van der Waals surface area contributed by atoms with Crippen LogP contribution in [0.4, 0.5) is 0 Å². The van der Waals surface area contributed by atoms with Crippen LogP contribution >= 0.6 is 0 Å². The lowest BCUT2D eigenvalue weighted by Gasteiger charge is -2.33. The molecule has 2 nitrogen and oxygen atoms in total. The Morgan fingerprint density at radius 1 is 1.60 bits per heavy atom. The third-order valence-corrected chi connectivity index (χ3v) is 2.10. The molecule has 1 N–H and O–H groups in total. The molecule has 2 atom stereocenters. The predicted octanol–water partition coefficient (Wildman–Crippen LogP) is 0.693. The van der Waals surface area contributed by atoms with Gasteiger partial charge in [0.15, 0.2) is 0 Å². The van der Waals surface area contributed by atoms with Crippen molar-refractivity contribution in [2.24, 2.45) is 0 Å². The lowest BCUT2D eigenvalue weighted by Crippen LogP contribution is -2.46. The van der Waals surface area contributed by atoms with E-state index in [9.17, 15) is 0 Å². The predicted molar refractivity (Wildman–Crippen MR) is 39.9 cm³/mol. The Hall–Kier alpha value is -0.340. The highest BCUT2D eigenvalue weighted by Gasteiger charge is 2.24. The Morgan fingerprint density at radius 2 is 2.50 bits per heavy atom. The molecule has 1 fully saturated rings. The second kappa shape index (κ2) is 2.36. The molecule has 2 aliphatic rings. The van der Waals surface area contributed by atoms with E-state index in [2.05, 4.69) is 18.3 Å². The van der Waals surface area contributed by atoms with Gasteiger partial charge in [-0.1, -0.05) is 11.6 Å². The first-order valence-electron chi connectivity index (χ1n) is 3.88. The third kappa shape index (κ3) is 1.09.